The average molecular weight is 283 g/mol. The topological polar surface area (TPSA) is 43.0 Å². The second-order valence-electron chi connectivity index (χ2n) is 5.36. The van der Waals surface area contributed by atoms with E-state index in [1.165, 1.54) is 5.56 Å². The van der Waals surface area contributed by atoms with Crippen LogP contribution in [0, 0.1) is 6.92 Å². The van der Waals surface area contributed by atoms with E-state index < -0.39 is 0 Å². The SMILES string of the molecule is CCn1ccnc1CC(NC)c1cc2cc(C)ccc2o1. The Hall–Kier alpha value is -2.07. The number of fused-ring (bicyclic) bond motifs is 1. The zero-order valence-corrected chi connectivity index (χ0v) is 12.8. The van der Waals surface area contributed by atoms with Gasteiger partial charge in [0.05, 0.1) is 6.04 Å². The molecule has 4 heteroatoms. The lowest BCUT2D eigenvalue weighted by molar-refractivity contribution is 0.440. The Balaban J connectivity index is 1.90. The van der Waals surface area contributed by atoms with Crippen molar-refractivity contribution < 1.29 is 4.42 Å². The van der Waals surface area contributed by atoms with Gasteiger partial charge < -0.3 is 14.3 Å². The molecule has 3 rings (SSSR count). The molecule has 0 fully saturated rings. The Labute approximate surface area is 124 Å². The van der Waals surface area contributed by atoms with Gasteiger partial charge in [0.15, 0.2) is 0 Å². The van der Waals surface area contributed by atoms with E-state index in [9.17, 15) is 0 Å². The zero-order valence-electron chi connectivity index (χ0n) is 12.8. The van der Waals surface area contributed by atoms with E-state index >= 15 is 0 Å². The van der Waals surface area contributed by atoms with Crippen molar-refractivity contribution in [3.05, 3.63) is 53.8 Å². The summed E-state index contributed by atoms with van der Waals surface area (Å²) in [5.74, 6) is 2.04. The highest BCUT2D eigenvalue weighted by Gasteiger charge is 2.17. The smallest absolute Gasteiger partial charge is 0.134 e. The van der Waals surface area contributed by atoms with Crippen molar-refractivity contribution in [2.75, 3.05) is 7.05 Å². The molecule has 4 nitrogen and oxygen atoms in total. The van der Waals surface area contributed by atoms with Crippen LogP contribution in [-0.4, -0.2) is 16.6 Å². The fraction of sp³-hybridized carbons (Fsp3) is 0.353. The van der Waals surface area contributed by atoms with Crippen molar-refractivity contribution in [1.82, 2.24) is 14.9 Å². The number of hydrogen-bond donors (Lipinski definition) is 1. The van der Waals surface area contributed by atoms with Crippen molar-refractivity contribution in [2.24, 2.45) is 0 Å². The summed E-state index contributed by atoms with van der Waals surface area (Å²) in [7, 11) is 1.96. The minimum Gasteiger partial charge on any atom is -0.459 e. The van der Waals surface area contributed by atoms with Crippen LogP contribution in [0.4, 0.5) is 0 Å². The molecule has 21 heavy (non-hydrogen) atoms. The quantitative estimate of drug-likeness (QED) is 0.779. The maximum absolute atomic E-state index is 6.00. The molecule has 0 amide bonds. The van der Waals surface area contributed by atoms with E-state index in [4.69, 9.17) is 4.42 Å². The van der Waals surface area contributed by atoms with Crippen molar-refractivity contribution in [1.29, 1.82) is 0 Å². The standard InChI is InChI=1S/C17H21N3O/c1-4-20-8-7-19-17(20)11-14(18-3)16-10-13-9-12(2)5-6-15(13)21-16/h5-10,14,18H,4,11H2,1-3H3. The third kappa shape index (κ3) is 2.72. The van der Waals surface area contributed by atoms with Gasteiger partial charge in [-0.3, -0.25) is 0 Å². The predicted molar refractivity (Wildman–Crippen MR) is 84.4 cm³/mol. The lowest BCUT2D eigenvalue weighted by Crippen LogP contribution is -2.20. The van der Waals surface area contributed by atoms with Gasteiger partial charge >= 0.3 is 0 Å². The van der Waals surface area contributed by atoms with Gasteiger partial charge in [-0.25, -0.2) is 4.98 Å². The summed E-state index contributed by atoms with van der Waals surface area (Å²) in [4.78, 5) is 4.45. The first kappa shape index (κ1) is 13.9. The Bertz CT molecular complexity index is 741. The summed E-state index contributed by atoms with van der Waals surface area (Å²) in [6, 6.07) is 8.53. The van der Waals surface area contributed by atoms with Crippen LogP contribution in [-0.2, 0) is 13.0 Å². The minimum atomic E-state index is 0.130. The van der Waals surface area contributed by atoms with Gasteiger partial charge in [-0.2, -0.15) is 0 Å². The molecule has 0 aliphatic carbocycles. The van der Waals surface area contributed by atoms with Crippen LogP contribution in [0.2, 0.25) is 0 Å². The second kappa shape index (κ2) is 5.74. The first-order valence-corrected chi connectivity index (χ1v) is 7.38. The van der Waals surface area contributed by atoms with E-state index in [1.807, 2.05) is 25.5 Å². The molecule has 2 heterocycles. The monoisotopic (exact) mass is 283 g/mol. The lowest BCUT2D eigenvalue weighted by atomic mass is 10.1. The molecule has 0 radical (unpaired) electrons. The Morgan fingerprint density at radius 2 is 2.19 bits per heavy atom. The van der Waals surface area contributed by atoms with Crippen molar-refractivity contribution in [3.63, 3.8) is 0 Å². The molecule has 0 saturated carbocycles. The van der Waals surface area contributed by atoms with E-state index in [1.54, 1.807) is 0 Å². The highest BCUT2D eigenvalue weighted by Crippen LogP contribution is 2.26. The molecule has 2 aromatic heterocycles. The van der Waals surface area contributed by atoms with Gasteiger partial charge in [0.25, 0.3) is 0 Å². The number of nitrogens with zero attached hydrogens (tertiary/aromatic N) is 2. The van der Waals surface area contributed by atoms with Crippen LogP contribution in [0.3, 0.4) is 0 Å². The predicted octanol–water partition coefficient (Wildman–Crippen LogP) is 3.46. The molecule has 1 unspecified atom stereocenters. The summed E-state index contributed by atoms with van der Waals surface area (Å²) in [6.07, 6.45) is 4.69. The fourth-order valence-electron chi connectivity index (χ4n) is 2.70. The highest BCUT2D eigenvalue weighted by atomic mass is 16.3. The number of aryl methyl sites for hydroxylation is 2. The van der Waals surface area contributed by atoms with Crippen molar-refractivity contribution in [2.45, 2.75) is 32.9 Å². The summed E-state index contributed by atoms with van der Waals surface area (Å²) in [5, 5.41) is 4.49. The van der Waals surface area contributed by atoms with Crippen LogP contribution in [0.5, 0.6) is 0 Å². The molecule has 1 N–H and O–H groups in total. The number of imidazole rings is 1. The molecule has 0 bridgehead atoms. The summed E-state index contributed by atoms with van der Waals surface area (Å²) in [6.45, 7) is 5.16. The Morgan fingerprint density at radius 3 is 2.95 bits per heavy atom. The van der Waals surface area contributed by atoms with Crippen LogP contribution < -0.4 is 5.32 Å². The van der Waals surface area contributed by atoms with Crippen LogP contribution >= 0.6 is 0 Å². The van der Waals surface area contributed by atoms with E-state index in [-0.39, 0.29) is 6.04 Å². The summed E-state index contributed by atoms with van der Waals surface area (Å²) < 4.78 is 8.16. The number of likely N-dealkylation sites (N-methyl/N-ethyl adjacent to an activating group) is 1. The molecular weight excluding hydrogens is 262 g/mol. The second-order valence-corrected chi connectivity index (χ2v) is 5.36. The van der Waals surface area contributed by atoms with E-state index in [2.05, 4.69) is 46.9 Å². The third-order valence-corrected chi connectivity index (χ3v) is 3.91. The number of aromatic nitrogens is 2. The molecule has 0 aliphatic heterocycles. The van der Waals surface area contributed by atoms with Crippen molar-refractivity contribution >= 4 is 11.0 Å². The normalized spacial score (nSPS) is 12.9. The Kier molecular flexibility index (Phi) is 3.80. The van der Waals surface area contributed by atoms with Gasteiger partial charge in [0, 0.05) is 30.7 Å². The molecule has 1 aromatic carbocycles. The Morgan fingerprint density at radius 1 is 1.33 bits per heavy atom. The van der Waals surface area contributed by atoms with Gasteiger partial charge in [-0.15, -0.1) is 0 Å². The summed E-state index contributed by atoms with van der Waals surface area (Å²) in [5.41, 5.74) is 2.19. The minimum absolute atomic E-state index is 0.130. The summed E-state index contributed by atoms with van der Waals surface area (Å²) >= 11 is 0. The van der Waals surface area contributed by atoms with Gasteiger partial charge in [0.2, 0.25) is 0 Å². The van der Waals surface area contributed by atoms with Gasteiger partial charge in [-0.05, 0) is 39.1 Å². The first-order valence-electron chi connectivity index (χ1n) is 7.38. The number of furan rings is 1. The zero-order chi connectivity index (χ0) is 14.8. The largest absolute Gasteiger partial charge is 0.459 e. The molecule has 0 saturated heterocycles. The van der Waals surface area contributed by atoms with Gasteiger partial charge in [-0.1, -0.05) is 11.6 Å². The lowest BCUT2D eigenvalue weighted by Gasteiger charge is -2.14. The van der Waals surface area contributed by atoms with Gasteiger partial charge in [0.1, 0.15) is 17.2 Å². The number of rotatable bonds is 5. The molecule has 0 aliphatic rings. The molecule has 1 atom stereocenters. The van der Waals surface area contributed by atoms with Crippen molar-refractivity contribution in [3.8, 4) is 0 Å². The maximum atomic E-state index is 6.00. The molecule has 3 aromatic rings. The van der Waals surface area contributed by atoms with E-state index in [0.717, 1.165) is 35.5 Å². The molecule has 0 spiro atoms. The fourth-order valence-corrected chi connectivity index (χ4v) is 2.70. The first-order chi connectivity index (χ1) is 10.2. The van der Waals surface area contributed by atoms with Crippen LogP contribution in [0.25, 0.3) is 11.0 Å². The van der Waals surface area contributed by atoms with Crippen LogP contribution in [0.1, 0.15) is 30.1 Å². The molecular formula is C17H21N3O. The number of benzene rings is 1. The van der Waals surface area contributed by atoms with E-state index in [0.29, 0.717) is 0 Å². The van der Waals surface area contributed by atoms with Crippen LogP contribution in [0.15, 0.2) is 41.1 Å². The third-order valence-electron chi connectivity index (χ3n) is 3.91. The number of hydrogen-bond acceptors (Lipinski definition) is 3. The highest BCUT2D eigenvalue weighted by molar-refractivity contribution is 5.78. The number of nitrogens with one attached hydrogen (secondary N) is 1. The molecule has 110 valence electrons. The maximum Gasteiger partial charge on any atom is 0.134 e. The average Bonchev–Trinajstić information content (AvgIpc) is 3.09.